The van der Waals surface area contributed by atoms with Crippen LogP contribution in [0.5, 0.6) is 0 Å². The summed E-state index contributed by atoms with van der Waals surface area (Å²) < 4.78 is 0. The largest absolute Gasteiger partial charge is 0.480 e. The van der Waals surface area contributed by atoms with Gasteiger partial charge in [0.05, 0.1) is 12.1 Å². The number of carbonyl (C=O) groups excluding carboxylic acids is 3. The number of anilines is 1. The Labute approximate surface area is 211 Å². The maximum atomic E-state index is 12.4. The van der Waals surface area contributed by atoms with Gasteiger partial charge < -0.3 is 24.6 Å². The molecule has 2 bridgehead atoms. The van der Waals surface area contributed by atoms with Gasteiger partial charge in [0, 0.05) is 70.9 Å². The number of nitrogens with zero attached hydrogens (tertiary/aromatic N) is 5. The monoisotopic (exact) mass is 501 g/mol. The molecule has 4 rings (SSSR count). The molecular weight excluding hydrogens is 466 g/mol. The summed E-state index contributed by atoms with van der Waals surface area (Å²) in [5.74, 6) is -2.49. The van der Waals surface area contributed by atoms with Crippen molar-refractivity contribution in [2.24, 2.45) is 0 Å². The Hall–Kier alpha value is -3.02. The highest BCUT2D eigenvalue weighted by molar-refractivity contribution is 6.02. The second-order valence-corrected chi connectivity index (χ2v) is 9.55. The Balaban J connectivity index is 1.37. The fourth-order valence-electron chi connectivity index (χ4n) is 4.93. The normalized spacial score (nSPS) is 24.6. The number of carboxylic acid groups (broad SMARTS) is 1. The van der Waals surface area contributed by atoms with Crippen LogP contribution in [0, 0.1) is 0 Å². The molecule has 0 spiro atoms. The van der Waals surface area contributed by atoms with Gasteiger partial charge in [-0.3, -0.25) is 19.3 Å². The summed E-state index contributed by atoms with van der Waals surface area (Å²) in [6.45, 7) is 8.96. The molecule has 0 saturated carbocycles. The molecule has 1 aromatic carbocycles. The van der Waals surface area contributed by atoms with Crippen molar-refractivity contribution in [1.82, 2.24) is 19.8 Å². The second kappa shape index (κ2) is 12.3. The van der Waals surface area contributed by atoms with Crippen molar-refractivity contribution in [2.75, 3.05) is 76.9 Å². The zero-order valence-electron chi connectivity index (χ0n) is 20.6. The third kappa shape index (κ3) is 7.02. The molecule has 2 amide bonds. The first-order chi connectivity index (χ1) is 17.4. The van der Waals surface area contributed by atoms with Crippen LogP contribution < -0.4 is 4.90 Å². The molecule has 0 aliphatic carbocycles. The third-order valence-corrected chi connectivity index (χ3v) is 7.01. The zero-order chi connectivity index (χ0) is 25.5. The van der Waals surface area contributed by atoms with Gasteiger partial charge in [-0.15, -0.1) is 5.06 Å². The van der Waals surface area contributed by atoms with Gasteiger partial charge in [-0.05, 0) is 50.2 Å². The molecule has 36 heavy (non-hydrogen) atoms. The molecule has 1 aromatic rings. The van der Waals surface area contributed by atoms with Crippen molar-refractivity contribution in [3.8, 4) is 0 Å². The molecule has 0 aromatic heterocycles. The number of carboxylic acids is 1. The summed E-state index contributed by atoms with van der Waals surface area (Å²) in [6.07, 6.45) is 2.04. The van der Waals surface area contributed by atoms with Crippen molar-refractivity contribution in [2.45, 2.75) is 25.7 Å². The lowest BCUT2D eigenvalue weighted by Crippen LogP contribution is -2.47. The topological polar surface area (TPSA) is 114 Å². The summed E-state index contributed by atoms with van der Waals surface area (Å²) in [5, 5.41) is 9.78. The van der Waals surface area contributed by atoms with E-state index >= 15 is 0 Å². The van der Waals surface area contributed by atoms with E-state index in [0.29, 0.717) is 5.06 Å². The number of fused-ring (bicyclic) bond motifs is 3. The van der Waals surface area contributed by atoms with Crippen molar-refractivity contribution < 1.29 is 29.1 Å². The minimum absolute atomic E-state index is 0.0645. The highest BCUT2D eigenvalue weighted by atomic mass is 16.7. The van der Waals surface area contributed by atoms with Gasteiger partial charge in [0.1, 0.15) is 0 Å². The van der Waals surface area contributed by atoms with E-state index in [9.17, 15) is 24.3 Å². The second-order valence-electron chi connectivity index (χ2n) is 9.55. The zero-order valence-corrected chi connectivity index (χ0v) is 20.6. The average Bonchev–Trinajstić information content (AvgIpc) is 3.18. The van der Waals surface area contributed by atoms with E-state index < -0.39 is 23.8 Å². The molecule has 2 atom stereocenters. The molecule has 0 radical (unpaired) electrons. The number of imide groups is 1. The molecule has 3 aliphatic rings. The van der Waals surface area contributed by atoms with Crippen LogP contribution in [0.1, 0.15) is 36.0 Å². The Morgan fingerprint density at radius 1 is 0.750 bits per heavy atom. The molecule has 11 heteroatoms. The molecule has 2 unspecified atom stereocenters. The van der Waals surface area contributed by atoms with Crippen molar-refractivity contribution in [1.29, 1.82) is 0 Å². The van der Waals surface area contributed by atoms with Gasteiger partial charge >= 0.3 is 11.9 Å². The summed E-state index contributed by atoms with van der Waals surface area (Å²) in [4.78, 5) is 61.3. The molecule has 3 fully saturated rings. The maximum Gasteiger partial charge on any atom is 0.363 e. The van der Waals surface area contributed by atoms with Crippen LogP contribution in [-0.2, 0) is 19.2 Å². The highest BCUT2D eigenvalue weighted by Gasteiger charge is 2.33. The van der Waals surface area contributed by atoms with Crippen LogP contribution in [0.4, 0.5) is 5.69 Å². The fraction of sp³-hybridized carbons (Fsp3) is 0.600. The van der Waals surface area contributed by atoms with E-state index in [1.54, 1.807) is 12.1 Å². The van der Waals surface area contributed by atoms with E-state index in [2.05, 4.69) is 14.7 Å². The number of hydrogen-bond donors (Lipinski definition) is 1. The molecule has 196 valence electrons. The van der Waals surface area contributed by atoms with Crippen LogP contribution in [-0.4, -0.2) is 121 Å². The number of aliphatic carboxylic acids is 1. The first-order valence-electron chi connectivity index (χ1n) is 12.7. The fourth-order valence-corrected chi connectivity index (χ4v) is 4.93. The maximum absolute atomic E-state index is 12.4. The highest BCUT2D eigenvalue weighted by Crippen LogP contribution is 2.19. The van der Waals surface area contributed by atoms with E-state index in [-0.39, 0.29) is 24.9 Å². The smallest absolute Gasteiger partial charge is 0.363 e. The first-order valence-corrected chi connectivity index (χ1v) is 12.7. The predicted octanol–water partition coefficient (Wildman–Crippen LogP) is 0.512. The van der Waals surface area contributed by atoms with Crippen molar-refractivity contribution >= 4 is 29.4 Å². The molecule has 3 heterocycles. The number of amides is 2. The quantitative estimate of drug-likeness (QED) is 0.573. The van der Waals surface area contributed by atoms with Crippen LogP contribution in [0.15, 0.2) is 24.3 Å². The summed E-state index contributed by atoms with van der Waals surface area (Å²) >= 11 is 0. The van der Waals surface area contributed by atoms with Crippen molar-refractivity contribution in [3.63, 3.8) is 0 Å². The predicted molar refractivity (Wildman–Crippen MR) is 131 cm³/mol. The van der Waals surface area contributed by atoms with Gasteiger partial charge in [-0.2, -0.15) is 0 Å². The molecule has 1 N–H and O–H groups in total. The minimum Gasteiger partial charge on any atom is -0.480 e. The Bertz CT molecular complexity index is 939. The third-order valence-electron chi connectivity index (χ3n) is 7.01. The van der Waals surface area contributed by atoms with Crippen LogP contribution in [0.3, 0.4) is 0 Å². The van der Waals surface area contributed by atoms with E-state index in [0.717, 1.165) is 84.0 Å². The minimum atomic E-state index is -0.774. The lowest BCUT2D eigenvalue weighted by Gasteiger charge is -2.36. The van der Waals surface area contributed by atoms with Gasteiger partial charge in [0.2, 0.25) is 0 Å². The van der Waals surface area contributed by atoms with Crippen LogP contribution in [0.25, 0.3) is 0 Å². The number of hydrogen-bond acceptors (Lipinski definition) is 9. The van der Waals surface area contributed by atoms with Crippen LogP contribution >= 0.6 is 0 Å². The summed E-state index contributed by atoms with van der Waals surface area (Å²) in [7, 11) is 0. The van der Waals surface area contributed by atoms with Gasteiger partial charge in [0.25, 0.3) is 11.8 Å². The molecular formula is C25H35N5O6. The van der Waals surface area contributed by atoms with Gasteiger partial charge in [-0.25, -0.2) is 4.79 Å². The molecule has 11 nitrogen and oxygen atoms in total. The Kier molecular flexibility index (Phi) is 8.89. The standard InChI is InChI=1S/C25H35N5O6/c31-22-7-8-23(32)30(22)36-25(35)20-3-5-21(6-4-20)29-12-2-10-26-13-14-27(17-18-29)9-1-11-28(16-15-26)19-24(33)34/h3-6H,1-2,7-19H2,(H,33,34). The van der Waals surface area contributed by atoms with Crippen molar-refractivity contribution in [3.05, 3.63) is 29.8 Å². The average molecular weight is 502 g/mol. The van der Waals surface area contributed by atoms with E-state index in [1.807, 2.05) is 17.0 Å². The van der Waals surface area contributed by atoms with E-state index in [1.165, 1.54) is 0 Å². The van der Waals surface area contributed by atoms with Gasteiger partial charge in [0.15, 0.2) is 0 Å². The van der Waals surface area contributed by atoms with Crippen LogP contribution in [0.2, 0.25) is 0 Å². The Morgan fingerprint density at radius 3 is 1.97 bits per heavy atom. The lowest BCUT2D eigenvalue weighted by atomic mass is 10.1. The molecule has 3 saturated heterocycles. The number of benzene rings is 1. The SMILES string of the molecule is O=C(O)CN1CCCN2CCN(CCCN(c3ccc(C(=O)ON4C(=O)CCC4=O)cc3)CC2)CC1. The Morgan fingerprint density at radius 2 is 1.33 bits per heavy atom. The lowest BCUT2D eigenvalue weighted by molar-refractivity contribution is -0.172. The first kappa shape index (κ1) is 26.1. The summed E-state index contributed by atoms with van der Waals surface area (Å²) in [6, 6.07) is 7.10. The summed E-state index contributed by atoms with van der Waals surface area (Å²) in [5.41, 5.74) is 1.29. The molecule has 3 aliphatic heterocycles. The number of hydroxylamine groups is 2. The van der Waals surface area contributed by atoms with Gasteiger partial charge in [-0.1, -0.05) is 0 Å². The number of rotatable bonds is 5. The van der Waals surface area contributed by atoms with E-state index in [4.69, 9.17) is 4.84 Å². The number of carbonyl (C=O) groups is 4.